The molecule has 1 atom stereocenters. The SMILES string of the molecule is Cn1cc(C2=C(c3ccc(S(C)=O)cc3)C(=O)NC2=O)c2ccccc21. The second kappa shape index (κ2) is 6.07. The molecule has 1 aliphatic rings. The van der Waals surface area contributed by atoms with Crippen molar-refractivity contribution in [3.8, 4) is 0 Å². The predicted octanol–water partition coefficient (Wildman–Crippen LogP) is 2.48. The standard InChI is InChI=1S/C20H16N2O3S/c1-22-11-15(14-5-3-4-6-16(14)22)18-17(19(23)21-20(18)24)12-7-9-13(10-8-12)26(2)25/h3-11H,1-2H3,(H,21,23,24). The van der Waals surface area contributed by atoms with E-state index in [-0.39, 0.29) is 0 Å². The number of hydrogen-bond acceptors (Lipinski definition) is 3. The lowest BCUT2D eigenvalue weighted by molar-refractivity contribution is -0.122. The molecular weight excluding hydrogens is 348 g/mol. The molecule has 4 rings (SSSR count). The van der Waals surface area contributed by atoms with Crippen LogP contribution < -0.4 is 5.32 Å². The van der Waals surface area contributed by atoms with Gasteiger partial charge in [-0.05, 0) is 23.8 Å². The molecular formula is C20H16N2O3S. The molecule has 1 unspecified atom stereocenters. The maximum atomic E-state index is 12.5. The summed E-state index contributed by atoms with van der Waals surface area (Å²) in [4.78, 5) is 25.7. The molecule has 2 amide bonds. The normalized spacial score (nSPS) is 15.6. The summed E-state index contributed by atoms with van der Waals surface area (Å²) in [5.41, 5.74) is 3.06. The maximum absolute atomic E-state index is 12.5. The predicted molar refractivity (Wildman–Crippen MR) is 102 cm³/mol. The molecule has 0 bridgehead atoms. The van der Waals surface area contributed by atoms with Gasteiger partial charge in [0.2, 0.25) is 0 Å². The van der Waals surface area contributed by atoms with E-state index in [1.165, 1.54) is 0 Å². The van der Waals surface area contributed by atoms with Crippen molar-refractivity contribution in [3.63, 3.8) is 0 Å². The van der Waals surface area contributed by atoms with E-state index in [2.05, 4.69) is 5.32 Å². The second-order valence-corrected chi connectivity index (χ2v) is 7.56. The van der Waals surface area contributed by atoms with E-state index in [1.807, 2.05) is 42.1 Å². The summed E-state index contributed by atoms with van der Waals surface area (Å²) >= 11 is 0. The van der Waals surface area contributed by atoms with E-state index in [0.717, 1.165) is 16.5 Å². The van der Waals surface area contributed by atoms with Crippen LogP contribution in [0.2, 0.25) is 0 Å². The number of benzene rings is 2. The third-order valence-electron chi connectivity index (χ3n) is 4.57. The number of aromatic nitrogens is 1. The molecule has 3 aromatic rings. The molecule has 0 saturated heterocycles. The zero-order chi connectivity index (χ0) is 18.4. The Morgan fingerprint density at radius 1 is 0.923 bits per heavy atom. The van der Waals surface area contributed by atoms with Crippen molar-refractivity contribution in [1.82, 2.24) is 9.88 Å². The largest absolute Gasteiger partial charge is 0.350 e. The van der Waals surface area contributed by atoms with Gasteiger partial charge in [-0.3, -0.25) is 19.1 Å². The van der Waals surface area contributed by atoms with Crippen LogP contribution in [0.25, 0.3) is 22.0 Å². The summed E-state index contributed by atoms with van der Waals surface area (Å²) in [6.45, 7) is 0. The first kappa shape index (κ1) is 16.5. The Labute approximate surface area is 152 Å². The lowest BCUT2D eigenvalue weighted by Gasteiger charge is -2.05. The van der Waals surface area contributed by atoms with Crippen molar-refractivity contribution < 1.29 is 13.8 Å². The third-order valence-corrected chi connectivity index (χ3v) is 5.51. The lowest BCUT2D eigenvalue weighted by Crippen LogP contribution is -2.22. The van der Waals surface area contributed by atoms with Crippen LogP contribution in [-0.2, 0) is 27.4 Å². The number of nitrogens with one attached hydrogen (secondary N) is 1. The highest BCUT2D eigenvalue weighted by Gasteiger charge is 2.33. The molecule has 0 radical (unpaired) electrons. The molecule has 0 fully saturated rings. The van der Waals surface area contributed by atoms with Gasteiger partial charge >= 0.3 is 0 Å². The molecule has 0 aliphatic carbocycles. The Kier molecular flexibility index (Phi) is 3.85. The Bertz CT molecular complexity index is 1120. The summed E-state index contributed by atoms with van der Waals surface area (Å²) in [5.74, 6) is -0.812. The van der Waals surface area contributed by atoms with Gasteiger partial charge in [0.15, 0.2) is 0 Å². The van der Waals surface area contributed by atoms with Crippen molar-refractivity contribution in [1.29, 1.82) is 0 Å². The Morgan fingerprint density at radius 2 is 1.58 bits per heavy atom. The zero-order valence-corrected chi connectivity index (χ0v) is 15.1. The van der Waals surface area contributed by atoms with Gasteiger partial charge in [-0.2, -0.15) is 0 Å². The van der Waals surface area contributed by atoms with E-state index in [0.29, 0.717) is 21.6 Å². The smallest absolute Gasteiger partial charge is 0.259 e. The van der Waals surface area contributed by atoms with Crippen molar-refractivity contribution in [2.45, 2.75) is 4.90 Å². The molecule has 26 heavy (non-hydrogen) atoms. The van der Waals surface area contributed by atoms with Crippen molar-refractivity contribution in [3.05, 3.63) is 65.9 Å². The molecule has 1 aliphatic heterocycles. The van der Waals surface area contributed by atoms with Crippen LogP contribution in [0.1, 0.15) is 11.1 Å². The number of nitrogens with zero attached hydrogens (tertiary/aromatic N) is 1. The van der Waals surface area contributed by atoms with Crippen molar-refractivity contribution in [2.75, 3.05) is 6.26 Å². The number of aryl methyl sites for hydroxylation is 1. The molecule has 130 valence electrons. The molecule has 1 aromatic heterocycles. The maximum Gasteiger partial charge on any atom is 0.259 e. The molecule has 0 saturated carbocycles. The van der Waals surface area contributed by atoms with Crippen LogP contribution in [0.4, 0.5) is 0 Å². The van der Waals surface area contributed by atoms with Crippen LogP contribution in [0, 0.1) is 0 Å². The number of carbonyl (C=O) groups is 2. The van der Waals surface area contributed by atoms with E-state index in [9.17, 15) is 13.8 Å². The highest BCUT2D eigenvalue weighted by molar-refractivity contribution is 7.84. The lowest BCUT2D eigenvalue weighted by atomic mass is 9.96. The number of fused-ring (bicyclic) bond motifs is 1. The van der Waals surface area contributed by atoms with Gasteiger partial charge in [-0.25, -0.2) is 0 Å². The van der Waals surface area contributed by atoms with Crippen LogP contribution >= 0.6 is 0 Å². The minimum absolute atomic E-state index is 0.347. The van der Waals surface area contributed by atoms with Crippen LogP contribution in [-0.4, -0.2) is 26.8 Å². The fraction of sp³-hybridized carbons (Fsp3) is 0.100. The van der Waals surface area contributed by atoms with E-state index < -0.39 is 22.6 Å². The summed E-state index contributed by atoms with van der Waals surface area (Å²) in [6, 6.07) is 14.7. The third kappa shape index (κ3) is 2.50. The fourth-order valence-electron chi connectivity index (χ4n) is 3.34. The molecule has 2 aromatic carbocycles. The monoisotopic (exact) mass is 364 g/mol. The first-order chi connectivity index (χ1) is 12.5. The van der Waals surface area contributed by atoms with Crippen LogP contribution in [0.15, 0.2) is 59.6 Å². The number of carbonyl (C=O) groups excluding carboxylic acids is 2. The molecule has 6 heteroatoms. The number of hydrogen-bond donors (Lipinski definition) is 1. The molecule has 1 N–H and O–H groups in total. The topological polar surface area (TPSA) is 68.2 Å². The van der Waals surface area contributed by atoms with Gasteiger partial charge in [-0.15, -0.1) is 0 Å². The average molecular weight is 364 g/mol. The van der Waals surface area contributed by atoms with Gasteiger partial charge < -0.3 is 4.57 Å². The quantitative estimate of drug-likeness (QED) is 0.726. The fourth-order valence-corrected chi connectivity index (χ4v) is 3.86. The van der Waals surface area contributed by atoms with Gasteiger partial charge in [-0.1, -0.05) is 30.3 Å². The van der Waals surface area contributed by atoms with E-state index in [4.69, 9.17) is 0 Å². The van der Waals surface area contributed by atoms with Crippen LogP contribution in [0.3, 0.4) is 0 Å². The molecule has 2 heterocycles. The average Bonchev–Trinajstić information content (AvgIpc) is 3.11. The van der Waals surface area contributed by atoms with Gasteiger partial charge in [0.05, 0.1) is 11.1 Å². The van der Waals surface area contributed by atoms with Crippen LogP contribution in [0.5, 0.6) is 0 Å². The van der Waals surface area contributed by atoms with Gasteiger partial charge in [0.1, 0.15) is 0 Å². The van der Waals surface area contributed by atoms with Gasteiger partial charge in [0, 0.05) is 51.7 Å². The minimum atomic E-state index is -1.10. The zero-order valence-electron chi connectivity index (χ0n) is 14.3. The second-order valence-electron chi connectivity index (χ2n) is 6.18. The number of rotatable bonds is 3. The highest BCUT2D eigenvalue weighted by Crippen LogP contribution is 2.35. The molecule has 5 nitrogen and oxygen atoms in total. The summed E-state index contributed by atoms with van der Waals surface area (Å²) in [5, 5.41) is 3.32. The highest BCUT2D eigenvalue weighted by atomic mass is 32.2. The minimum Gasteiger partial charge on any atom is -0.350 e. The number of para-hydroxylation sites is 1. The van der Waals surface area contributed by atoms with E-state index in [1.54, 1.807) is 30.5 Å². The first-order valence-corrected chi connectivity index (χ1v) is 9.61. The Hall–Kier alpha value is -2.99. The van der Waals surface area contributed by atoms with Crippen molar-refractivity contribution in [2.24, 2.45) is 7.05 Å². The number of imide groups is 1. The first-order valence-electron chi connectivity index (χ1n) is 8.05. The molecule has 0 spiro atoms. The summed E-state index contributed by atoms with van der Waals surface area (Å²) in [6.07, 6.45) is 3.47. The summed E-state index contributed by atoms with van der Waals surface area (Å²) in [7, 11) is 0.807. The Balaban J connectivity index is 1.97. The summed E-state index contributed by atoms with van der Waals surface area (Å²) < 4.78 is 13.5. The van der Waals surface area contributed by atoms with E-state index >= 15 is 0 Å². The number of amides is 2. The Morgan fingerprint density at radius 3 is 2.27 bits per heavy atom. The van der Waals surface area contributed by atoms with Crippen molar-refractivity contribution >= 4 is 44.7 Å². The van der Waals surface area contributed by atoms with Gasteiger partial charge in [0.25, 0.3) is 11.8 Å².